The van der Waals surface area contributed by atoms with Gasteiger partial charge in [-0.25, -0.2) is 9.97 Å². The van der Waals surface area contributed by atoms with Crippen LogP contribution in [0.1, 0.15) is 68.6 Å². The van der Waals surface area contributed by atoms with E-state index in [2.05, 4.69) is 65.4 Å². The van der Waals surface area contributed by atoms with Crippen LogP contribution in [0.25, 0.3) is 22.5 Å². The zero-order valence-corrected chi connectivity index (χ0v) is 24.7. The van der Waals surface area contributed by atoms with Gasteiger partial charge in [-0.1, -0.05) is 69.3 Å². The highest BCUT2D eigenvalue weighted by molar-refractivity contribution is 5.98. The van der Waals surface area contributed by atoms with Crippen molar-refractivity contribution in [2.45, 2.75) is 58.9 Å². The first-order valence-electron chi connectivity index (χ1n) is 14.0. The van der Waals surface area contributed by atoms with Gasteiger partial charge < -0.3 is 10.4 Å². The van der Waals surface area contributed by atoms with E-state index in [-0.39, 0.29) is 30.1 Å². The third-order valence-corrected chi connectivity index (χ3v) is 7.10. The average molecular weight is 568 g/mol. The molecule has 0 aliphatic rings. The van der Waals surface area contributed by atoms with Crippen LogP contribution in [0.4, 0.5) is 0 Å². The van der Waals surface area contributed by atoms with Crippen molar-refractivity contribution in [3.8, 4) is 22.5 Å². The number of hydrogen-bond donors (Lipinski definition) is 2. The third-order valence-electron chi connectivity index (χ3n) is 7.10. The number of carbonyl (C=O) groups excluding carboxylic acids is 2. The van der Waals surface area contributed by atoms with Crippen molar-refractivity contribution in [3.63, 3.8) is 0 Å². The highest BCUT2D eigenvalue weighted by Crippen LogP contribution is 2.27. The number of carbonyl (C=O) groups is 3. The fourth-order valence-electron chi connectivity index (χ4n) is 4.53. The number of amides is 1. The zero-order valence-electron chi connectivity index (χ0n) is 24.7. The highest BCUT2D eigenvalue weighted by atomic mass is 16.4. The van der Waals surface area contributed by atoms with Crippen LogP contribution in [0.5, 0.6) is 0 Å². The Labute approximate surface area is 246 Å². The number of rotatable bonds is 11. The fraction of sp³-hybridized carbons (Fsp3) is 0.333. The molecule has 0 fully saturated rings. The number of aromatic nitrogens is 4. The van der Waals surface area contributed by atoms with Crippen molar-refractivity contribution in [2.75, 3.05) is 6.54 Å². The molecule has 4 aromatic rings. The van der Waals surface area contributed by atoms with E-state index < -0.39 is 24.3 Å². The van der Waals surface area contributed by atoms with Gasteiger partial charge in [0.1, 0.15) is 6.54 Å². The van der Waals surface area contributed by atoms with Crippen molar-refractivity contribution in [3.05, 3.63) is 90.0 Å². The van der Waals surface area contributed by atoms with Crippen LogP contribution in [0.3, 0.4) is 0 Å². The van der Waals surface area contributed by atoms with E-state index in [0.717, 1.165) is 22.3 Å². The quantitative estimate of drug-likeness (QED) is 0.229. The lowest BCUT2D eigenvalue weighted by molar-refractivity contribution is -0.138. The molecule has 2 N–H and O–H groups in total. The van der Waals surface area contributed by atoms with Crippen molar-refractivity contribution in [1.29, 1.82) is 0 Å². The lowest BCUT2D eigenvalue weighted by Gasteiger charge is -2.19. The lowest BCUT2D eigenvalue weighted by Crippen LogP contribution is -2.36. The summed E-state index contributed by atoms with van der Waals surface area (Å²) in [6.07, 6.45) is 6.96. The molecule has 0 saturated heterocycles. The van der Waals surface area contributed by atoms with E-state index in [0.29, 0.717) is 11.4 Å². The Morgan fingerprint density at radius 3 is 2.05 bits per heavy atom. The standard InChI is InChI=1S/C33H37N5O4/c1-21(2)38-20-27(18-37-38)29(39)15-25(32(42)36-19-30(40)41)14-22-6-8-24(9-7-22)31-34-16-26(17-35-31)23-10-12-28(13-11-23)33(3,4)5/h6-13,16-18,20-21,25H,14-15,19H2,1-5H3,(H,36,42)(H,40,41)/t25-/m1/s1. The number of nitrogens with one attached hydrogen (secondary N) is 1. The van der Waals surface area contributed by atoms with Crippen LogP contribution in [0, 0.1) is 5.92 Å². The molecule has 2 aromatic carbocycles. The summed E-state index contributed by atoms with van der Waals surface area (Å²) in [7, 11) is 0. The number of benzene rings is 2. The van der Waals surface area contributed by atoms with Crippen LogP contribution in [-0.2, 0) is 21.4 Å². The van der Waals surface area contributed by atoms with Crippen LogP contribution < -0.4 is 5.32 Å². The molecule has 2 heterocycles. The van der Waals surface area contributed by atoms with E-state index >= 15 is 0 Å². The number of nitrogens with zero attached hydrogens (tertiary/aromatic N) is 4. The van der Waals surface area contributed by atoms with Crippen LogP contribution >= 0.6 is 0 Å². The number of aliphatic carboxylic acids is 1. The first-order chi connectivity index (χ1) is 19.9. The molecule has 4 rings (SSSR count). The Morgan fingerprint density at radius 1 is 0.881 bits per heavy atom. The molecule has 2 aromatic heterocycles. The smallest absolute Gasteiger partial charge is 0.322 e. The van der Waals surface area contributed by atoms with Gasteiger partial charge in [-0.15, -0.1) is 0 Å². The molecule has 218 valence electrons. The Balaban J connectivity index is 1.46. The largest absolute Gasteiger partial charge is 0.480 e. The molecular formula is C33H37N5O4. The second-order valence-electron chi connectivity index (χ2n) is 11.8. The van der Waals surface area contributed by atoms with Gasteiger partial charge in [0.15, 0.2) is 11.6 Å². The second kappa shape index (κ2) is 12.9. The Bertz CT molecular complexity index is 1530. The summed E-state index contributed by atoms with van der Waals surface area (Å²) >= 11 is 0. The molecule has 0 radical (unpaired) electrons. The molecule has 0 saturated carbocycles. The van der Waals surface area contributed by atoms with Gasteiger partial charge in [0.2, 0.25) is 5.91 Å². The van der Waals surface area contributed by atoms with E-state index in [1.54, 1.807) is 23.3 Å². The topological polar surface area (TPSA) is 127 Å². The number of hydrogen-bond acceptors (Lipinski definition) is 6. The van der Waals surface area contributed by atoms with Gasteiger partial charge in [-0.3, -0.25) is 19.1 Å². The van der Waals surface area contributed by atoms with E-state index in [9.17, 15) is 14.4 Å². The molecule has 0 aliphatic heterocycles. The minimum absolute atomic E-state index is 0.0711. The van der Waals surface area contributed by atoms with Crippen LogP contribution in [-0.4, -0.2) is 49.1 Å². The molecule has 0 bridgehead atoms. The van der Waals surface area contributed by atoms with Gasteiger partial charge >= 0.3 is 5.97 Å². The highest BCUT2D eigenvalue weighted by Gasteiger charge is 2.24. The van der Waals surface area contributed by atoms with Crippen LogP contribution in [0.15, 0.2) is 73.3 Å². The summed E-state index contributed by atoms with van der Waals surface area (Å²) in [4.78, 5) is 46.0. The predicted molar refractivity (Wildman–Crippen MR) is 161 cm³/mol. The number of Topliss-reactive ketones (excluding diaryl/α,β-unsaturated/α-hetero) is 1. The minimum atomic E-state index is -1.15. The van der Waals surface area contributed by atoms with Gasteiger partial charge in [0, 0.05) is 48.1 Å². The van der Waals surface area contributed by atoms with Crippen molar-refractivity contribution in [1.82, 2.24) is 25.1 Å². The molecular weight excluding hydrogens is 530 g/mol. The predicted octanol–water partition coefficient (Wildman–Crippen LogP) is 5.52. The second-order valence-corrected chi connectivity index (χ2v) is 11.8. The summed E-state index contributed by atoms with van der Waals surface area (Å²) in [5.74, 6) is -2.03. The summed E-state index contributed by atoms with van der Waals surface area (Å²) in [5, 5.41) is 15.6. The normalized spacial score (nSPS) is 12.2. The third kappa shape index (κ3) is 7.75. The molecule has 0 aliphatic carbocycles. The summed E-state index contributed by atoms with van der Waals surface area (Å²) in [5.41, 5.74) is 5.38. The Hall–Kier alpha value is -4.66. The molecule has 0 unspecified atom stereocenters. The minimum Gasteiger partial charge on any atom is -0.480 e. The maximum Gasteiger partial charge on any atom is 0.322 e. The monoisotopic (exact) mass is 567 g/mol. The van der Waals surface area contributed by atoms with Gasteiger partial charge in [-0.2, -0.15) is 5.10 Å². The molecule has 0 spiro atoms. The summed E-state index contributed by atoms with van der Waals surface area (Å²) in [6, 6.07) is 16.0. The van der Waals surface area contributed by atoms with Gasteiger partial charge in [0.05, 0.1) is 11.8 Å². The molecule has 9 nitrogen and oxygen atoms in total. The first-order valence-corrected chi connectivity index (χ1v) is 14.0. The molecule has 9 heteroatoms. The SMILES string of the molecule is CC(C)n1cc(C(=O)C[C@@H](Cc2ccc(-c3ncc(-c4ccc(C(C)(C)C)cc4)cn3)cc2)C(=O)NCC(=O)O)cn1. The lowest BCUT2D eigenvalue weighted by atomic mass is 9.86. The average Bonchev–Trinajstić information content (AvgIpc) is 3.47. The summed E-state index contributed by atoms with van der Waals surface area (Å²) in [6.45, 7) is 9.95. The van der Waals surface area contributed by atoms with E-state index in [1.165, 1.54) is 11.8 Å². The fourth-order valence-corrected chi connectivity index (χ4v) is 4.53. The molecule has 1 amide bonds. The maximum absolute atomic E-state index is 13.0. The zero-order chi connectivity index (χ0) is 30.4. The van der Waals surface area contributed by atoms with Crippen molar-refractivity contribution in [2.24, 2.45) is 5.92 Å². The van der Waals surface area contributed by atoms with Gasteiger partial charge in [-0.05, 0) is 42.4 Å². The van der Waals surface area contributed by atoms with Crippen molar-refractivity contribution < 1.29 is 19.5 Å². The summed E-state index contributed by atoms with van der Waals surface area (Å²) < 4.78 is 1.68. The van der Waals surface area contributed by atoms with Gasteiger partial charge in [0.25, 0.3) is 0 Å². The Kier molecular flexibility index (Phi) is 9.30. The Morgan fingerprint density at radius 2 is 1.50 bits per heavy atom. The number of ketones is 1. The number of carboxylic acids is 1. The van der Waals surface area contributed by atoms with E-state index in [1.807, 2.05) is 38.1 Å². The maximum atomic E-state index is 13.0. The van der Waals surface area contributed by atoms with E-state index in [4.69, 9.17) is 5.11 Å². The van der Waals surface area contributed by atoms with Crippen LogP contribution in [0.2, 0.25) is 0 Å². The van der Waals surface area contributed by atoms with Crippen molar-refractivity contribution >= 4 is 17.7 Å². The molecule has 1 atom stereocenters. The molecule has 42 heavy (non-hydrogen) atoms. The number of carboxylic acid groups (broad SMARTS) is 1. The first kappa shape index (κ1) is 30.3.